The maximum atomic E-state index is 15.2. The first kappa shape index (κ1) is 28.2. The van der Waals surface area contributed by atoms with Crippen molar-refractivity contribution in [1.29, 1.82) is 0 Å². The Balaban J connectivity index is 1.72. The molecule has 1 aliphatic heterocycles. The number of carbonyl (C=O) groups excluding carboxylic acids is 3. The van der Waals surface area contributed by atoms with Crippen molar-refractivity contribution in [3.05, 3.63) is 81.8 Å². The summed E-state index contributed by atoms with van der Waals surface area (Å²) in [5.41, 5.74) is -2.93. The first-order valence-corrected chi connectivity index (χ1v) is 12.4. The van der Waals surface area contributed by atoms with Gasteiger partial charge in [-0.15, -0.1) is 0 Å². The van der Waals surface area contributed by atoms with Gasteiger partial charge in [-0.05, 0) is 36.4 Å². The van der Waals surface area contributed by atoms with E-state index in [1.165, 1.54) is 29.3 Å². The van der Waals surface area contributed by atoms with Gasteiger partial charge in [0.1, 0.15) is 17.0 Å². The van der Waals surface area contributed by atoms with E-state index >= 15 is 4.39 Å². The molecule has 0 atom stereocenters. The van der Waals surface area contributed by atoms with Gasteiger partial charge >= 0.3 is 12.1 Å². The molecule has 1 saturated heterocycles. The summed E-state index contributed by atoms with van der Waals surface area (Å²) in [6.07, 6.45) is -3.73. The lowest BCUT2D eigenvalue weighted by Crippen LogP contribution is -2.40. The number of fused-ring (bicyclic) bond motifs is 1. The lowest BCUT2D eigenvalue weighted by molar-refractivity contribution is -0.137. The largest absolute Gasteiger partial charge is 0.465 e. The van der Waals surface area contributed by atoms with Crippen LogP contribution in [0.5, 0.6) is 0 Å². The van der Waals surface area contributed by atoms with Gasteiger partial charge in [-0.2, -0.15) is 23.0 Å². The van der Waals surface area contributed by atoms with E-state index in [1.54, 1.807) is 0 Å². The lowest BCUT2D eigenvalue weighted by atomic mass is 10.1. The molecule has 14 heteroatoms. The van der Waals surface area contributed by atoms with Crippen LogP contribution in [0, 0.1) is 5.82 Å². The zero-order chi connectivity index (χ0) is 29.5. The van der Waals surface area contributed by atoms with E-state index in [4.69, 9.17) is 16.3 Å². The van der Waals surface area contributed by atoms with Crippen LogP contribution < -0.4 is 0 Å². The zero-order valence-electron chi connectivity index (χ0n) is 21.2. The molecule has 1 aliphatic rings. The van der Waals surface area contributed by atoms with Crippen molar-refractivity contribution in [2.24, 2.45) is 0 Å². The van der Waals surface area contributed by atoms with Crippen LogP contribution in [0.3, 0.4) is 0 Å². The van der Waals surface area contributed by atoms with Gasteiger partial charge in [-0.1, -0.05) is 17.7 Å². The van der Waals surface area contributed by atoms with Crippen molar-refractivity contribution < 1.29 is 41.4 Å². The Labute approximate surface area is 234 Å². The second-order valence-corrected chi connectivity index (χ2v) is 9.32. The summed E-state index contributed by atoms with van der Waals surface area (Å²) in [5.74, 6) is -3.46. The summed E-state index contributed by atoms with van der Waals surface area (Å²) in [4.78, 5) is 44.4. The first-order chi connectivity index (χ1) is 19.5. The molecule has 5 rings (SSSR count). The van der Waals surface area contributed by atoms with Gasteiger partial charge in [0.15, 0.2) is 0 Å². The number of alkyl halides is 3. The monoisotopic (exact) mass is 590 g/mol. The number of morpholine rings is 1. The Morgan fingerprint density at radius 3 is 2.41 bits per heavy atom. The van der Waals surface area contributed by atoms with Crippen LogP contribution in [0.15, 0.2) is 48.7 Å². The minimum Gasteiger partial charge on any atom is -0.465 e. The molecule has 0 unspecified atom stereocenters. The summed E-state index contributed by atoms with van der Waals surface area (Å²) >= 11 is 6.07. The molecule has 2 aromatic carbocycles. The number of methoxy groups -OCH3 is 1. The number of benzene rings is 2. The van der Waals surface area contributed by atoms with E-state index < -0.39 is 45.9 Å². The summed E-state index contributed by atoms with van der Waals surface area (Å²) in [5, 5.41) is 3.66. The molecule has 212 valence electrons. The predicted molar refractivity (Wildman–Crippen MR) is 137 cm³/mol. The van der Waals surface area contributed by atoms with Crippen molar-refractivity contribution in [2.75, 3.05) is 33.4 Å². The van der Waals surface area contributed by atoms with Crippen LogP contribution in [0.25, 0.3) is 22.3 Å². The fraction of sp³-hybridized carbons (Fsp3) is 0.222. The summed E-state index contributed by atoms with van der Waals surface area (Å²) < 4.78 is 67.2. The second kappa shape index (κ2) is 10.9. The van der Waals surface area contributed by atoms with Crippen molar-refractivity contribution >= 4 is 40.4 Å². The molecule has 1 fully saturated rings. The van der Waals surface area contributed by atoms with Gasteiger partial charge < -0.3 is 14.4 Å². The van der Waals surface area contributed by atoms with Gasteiger partial charge in [0, 0.05) is 24.8 Å². The molecule has 0 bridgehead atoms. The quantitative estimate of drug-likeness (QED) is 0.247. The Morgan fingerprint density at radius 2 is 1.76 bits per heavy atom. The number of rotatable bonds is 4. The van der Waals surface area contributed by atoms with Gasteiger partial charge in [0.05, 0.1) is 53.1 Å². The van der Waals surface area contributed by atoms with Crippen molar-refractivity contribution in [3.8, 4) is 11.3 Å². The average Bonchev–Trinajstić information content (AvgIpc) is 3.34. The van der Waals surface area contributed by atoms with Crippen LogP contribution in [0.2, 0.25) is 5.02 Å². The van der Waals surface area contributed by atoms with E-state index in [1.807, 2.05) is 0 Å². The Hall–Kier alpha value is -4.36. The number of halogens is 5. The van der Waals surface area contributed by atoms with Crippen LogP contribution in [-0.4, -0.2) is 70.9 Å². The Bertz CT molecular complexity index is 1700. The number of aromatic nitrogens is 3. The highest BCUT2D eigenvalue weighted by Gasteiger charge is 2.37. The van der Waals surface area contributed by atoms with Crippen molar-refractivity contribution in [1.82, 2.24) is 19.7 Å². The highest BCUT2D eigenvalue weighted by atomic mass is 35.5. The molecule has 4 aromatic rings. The number of pyridine rings is 1. The summed E-state index contributed by atoms with van der Waals surface area (Å²) in [6.45, 7) is 1.23. The Kier molecular flexibility index (Phi) is 7.49. The third-order valence-corrected chi connectivity index (χ3v) is 6.75. The molecular weight excluding hydrogens is 572 g/mol. The van der Waals surface area contributed by atoms with Crippen molar-refractivity contribution in [2.45, 2.75) is 6.18 Å². The highest BCUT2D eigenvalue weighted by molar-refractivity contribution is 6.34. The maximum Gasteiger partial charge on any atom is 0.417 e. The molecule has 0 N–H and O–H groups in total. The number of hydrogen-bond acceptors (Lipinski definition) is 7. The van der Waals surface area contributed by atoms with E-state index in [0.717, 1.165) is 25.3 Å². The third kappa shape index (κ3) is 5.25. The average molecular weight is 591 g/mol. The maximum absolute atomic E-state index is 15.2. The predicted octanol–water partition coefficient (Wildman–Crippen LogP) is 4.86. The van der Waals surface area contributed by atoms with Crippen LogP contribution in [-0.2, 0) is 15.7 Å². The molecule has 0 spiro atoms. The van der Waals surface area contributed by atoms with Crippen molar-refractivity contribution in [3.63, 3.8) is 0 Å². The SMILES string of the molecule is COC(=O)c1ccc(-c2nn(C(=O)c3c(Cl)cccc3C(F)(F)F)c3cc(C(=O)N4CCOCC4)cnc23)c(F)c1. The van der Waals surface area contributed by atoms with Gasteiger partial charge in [-0.25, -0.2) is 9.18 Å². The number of carbonyl (C=O) groups is 3. The molecule has 0 saturated carbocycles. The molecule has 0 radical (unpaired) electrons. The number of amides is 1. The fourth-order valence-electron chi connectivity index (χ4n) is 4.44. The van der Waals surface area contributed by atoms with Crippen LogP contribution in [0.1, 0.15) is 36.6 Å². The van der Waals surface area contributed by atoms with E-state index in [0.29, 0.717) is 37.1 Å². The van der Waals surface area contributed by atoms with E-state index in [9.17, 15) is 27.6 Å². The first-order valence-electron chi connectivity index (χ1n) is 12.1. The summed E-state index contributed by atoms with van der Waals surface area (Å²) in [6, 6.07) is 7.45. The van der Waals surface area contributed by atoms with Gasteiger partial charge in [0.25, 0.3) is 11.8 Å². The minimum atomic E-state index is -4.94. The van der Waals surface area contributed by atoms with Gasteiger partial charge in [0.2, 0.25) is 0 Å². The van der Waals surface area contributed by atoms with Crippen LogP contribution >= 0.6 is 11.6 Å². The molecule has 3 heterocycles. The lowest BCUT2D eigenvalue weighted by Gasteiger charge is -2.26. The zero-order valence-corrected chi connectivity index (χ0v) is 21.9. The second-order valence-electron chi connectivity index (χ2n) is 8.91. The highest BCUT2D eigenvalue weighted by Crippen LogP contribution is 2.37. The number of esters is 1. The number of hydrogen-bond donors (Lipinski definition) is 0. The minimum absolute atomic E-state index is 0.0246. The number of nitrogens with zero attached hydrogens (tertiary/aromatic N) is 4. The standard InChI is InChI=1S/C27H19ClF4N4O5/c1-40-26(39)14-5-6-16(19(29)11-14)22-23-20(12-15(13-33-23)24(37)35-7-9-41-10-8-35)36(34-22)25(38)21-17(27(30,31)32)3-2-4-18(21)28/h2-6,11-13H,7-10H2,1H3. The van der Waals surface area contributed by atoms with Gasteiger partial charge in [-0.3, -0.25) is 14.6 Å². The molecule has 0 aliphatic carbocycles. The van der Waals surface area contributed by atoms with Crippen LogP contribution in [0.4, 0.5) is 17.6 Å². The molecule has 1 amide bonds. The molecular formula is C27H19ClF4N4O5. The van der Waals surface area contributed by atoms with E-state index in [-0.39, 0.29) is 33.4 Å². The number of ether oxygens (including phenoxy) is 2. The summed E-state index contributed by atoms with van der Waals surface area (Å²) in [7, 11) is 1.12. The molecule has 9 nitrogen and oxygen atoms in total. The smallest absolute Gasteiger partial charge is 0.417 e. The topological polar surface area (TPSA) is 104 Å². The normalized spacial score (nSPS) is 13.9. The molecule has 41 heavy (non-hydrogen) atoms. The fourth-order valence-corrected chi connectivity index (χ4v) is 4.69. The Morgan fingerprint density at radius 1 is 1.02 bits per heavy atom. The third-order valence-electron chi connectivity index (χ3n) is 6.44. The molecule has 2 aromatic heterocycles. The van der Waals surface area contributed by atoms with E-state index in [2.05, 4.69) is 14.8 Å².